The largest absolute Gasteiger partial charge is 0.416 e. The molecule has 1 aromatic heterocycles. The summed E-state index contributed by atoms with van der Waals surface area (Å²) in [5.41, 5.74) is -0.0939. The van der Waals surface area contributed by atoms with Gasteiger partial charge in [0.2, 0.25) is 0 Å². The lowest BCUT2D eigenvalue weighted by molar-refractivity contribution is -0.137. The van der Waals surface area contributed by atoms with Gasteiger partial charge in [-0.1, -0.05) is 11.6 Å². The lowest BCUT2D eigenvalue weighted by atomic mass is 10.2. The highest BCUT2D eigenvalue weighted by Crippen LogP contribution is 2.35. The smallest absolute Gasteiger partial charge is 0.354 e. The van der Waals surface area contributed by atoms with E-state index in [4.69, 9.17) is 11.6 Å². The minimum absolute atomic E-state index is 0.103. The second-order valence-corrected chi connectivity index (χ2v) is 5.90. The minimum Gasteiger partial charge on any atom is -0.354 e. The average molecular weight is 356 g/mol. The second-order valence-electron chi connectivity index (χ2n) is 5.49. The van der Waals surface area contributed by atoms with Crippen molar-refractivity contribution in [2.45, 2.75) is 25.1 Å². The third-order valence-electron chi connectivity index (χ3n) is 3.48. The highest BCUT2D eigenvalue weighted by atomic mass is 35.5. The van der Waals surface area contributed by atoms with Crippen molar-refractivity contribution >= 4 is 28.9 Å². The van der Waals surface area contributed by atoms with E-state index in [-0.39, 0.29) is 28.4 Å². The maximum Gasteiger partial charge on any atom is 0.416 e. The first-order chi connectivity index (χ1) is 11.3. The lowest BCUT2D eigenvalue weighted by Crippen LogP contribution is -2.26. The summed E-state index contributed by atoms with van der Waals surface area (Å²) in [5, 5.41) is 5.74. The van der Waals surface area contributed by atoms with Crippen LogP contribution in [0.1, 0.15) is 28.9 Å². The molecule has 1 fully saturated rings. The SMILES string of the molecule is O=C(NC1CC1)c1cc(Nc2cc(C(F)(F)F)ccc2Cl)ccn1. The molecule has 1 heterocycles. The molecule has 1 saturated carbocycles. The number of benzene rings is 1. The third kappa shape index (κ3) is 3.97. The summed E-state index contributed by atoms with van der Waals surface area (Å²) in [5.74, 6) is -0.309. The molecule has 0 aliphatic heterocycles. The summed E-state index contributed by atoms with van der Waals surface area (Å²) < 4.78 is 38.4. The highest BCUT2D eigenvalue weighted by molar-refractivity contribution is 6.33. The summed E-state index contributed by atoms with van der Waals surface area (Å²) in [7, 11) is 0. The number of carbonyl (C=O) groups is 1. The molecule has 126 valence electrons. The maximum atomic E-state index is 12.8. The normalized spacial score (nSPS) is 14.3. The van der Waals surface area contributed by atoms with Gasteiger partial charge in [-0.25, -0.2) is 0 Å². The van der Waals surface area contributed by atoms with Crippen LogP contribution in [0.2, 0.25) is 5.02 Å². The number of nitrogens with zero attached hydrogens (tertiary/aromatic N) is 1. The molecule has 0 spiro atoms. The monoisotopic (exact) mass is 355 g/mol. The fourth-order valence-electron chi connectivity index (χ4n) is 2.07. The van der Waals surface area contributed by atoms with E-state index in [1.54, 1.807) is 6.07 Å². The summed E-state index contributed by atoms with van der Waals surface area (Å²) in [6.45, 7) is 0. The zero-order valence-corrected chi connectivity index (χ0v) is 13.1. The van der Waals surface area contributed by atoms with Gasteiger partial charge >= 0.3 is 6.18 Å². The summed E-state index contributed by atoms with van der Waals surface area (Å²) in [6.07, 6.45) is -1.16. The van der Waals surface area contributed by atoms with E-state index in [9.17, 15) is 18.0 Å². The lowest BCUT2D eigenvalue weighted by Gasteiger charge is -2.13. The standard InChI is InChI=1S/C16H13ClF3N3O/c17-12-4-1-9(16(18,19)20)7-13(12)22-11-5-6-21-14(8-11)15(24)23-10-2-3-10/h1,4-8,10H,2-3H2,(H,21,22)(H,23,24). The van der Waals surface area contributed by atoms with Gasteiger partial charge in [0, 0.05) is 17.9 Å². The second kappa shape index (κ2) is 6.32. The van der Waals surface area contributed by atoms with Crippen molar-refractivity contribution in [2.75, 3.05) is 5.32 Å². The van der Waals surface area contributed by atoms with Crippen LogP contribution < -0.4 is 10.6 Å². The summed E-state index contributed by atoms with van der Waals surface area (Å²) in [6, 6.07) is 6.21. The fourth-order valence-corrected chi connectivity index (χ4v) is 2.24. The summed E-state index contributed by atoms with van der Waals surface area (Å²) >= 11 is 5.95. The molecule has 0 saturated heterocycles. The number of pyridine rings is 1. The van der Waals surface area contributed by atoms with Gasteiger partial charge in [-0.05, 0) is 43.2 Å². The molecule has 24 heavy (non-hydrogen) atoms. The number of halogens is 4. The van der Waals surface area contributed by atoms with Gasteiger partial charge < -0.3 is 10.6 Å². The Bertz CT molecular complexity index is 775. The van der Waals surface area contributed by atoms with Gasteiger partial charge in [-0.2, -0.15) is 13.2 Å². The quantitative estimate of drug-likeness (QED) is 0.855. The predicted octanol–water partition coefficient (Wildman–Crippen LogP) is 4.39. The summed E-state index contributed by atoms with van der Waals surface area (Å²) in [4.78, 5) is 16.0. The van der Waals surface area contributed by atoms with E-state index in [1.807, 2.05) is 0 Å². The number of nitrogens with one attached hydrogen (secondary N) is 2. The average Bonchev–Trinajstić information content (AvgIpc) is 3.32. The van der Waals surface area contributed by atoms with E-state index in [0.717, 1.165) is 25.0 Å². The van der Waals surface area contributed by atoms with Crippen molar-refractivity contribution in [2.24, 2.45) is 0 Å². The molecule has 3 rings (SSSR count). The fraction of sp³-hybridized carbons (Fsp3) is 0.250. The van der Waals surface area contributed by atoms with E-state index in [2.05, 4.69) is 15.6 Å². The number of aromatic nitrogens is 1. The van der Waals surface area contributed by atoms with Gasteiger partial charge in [0.1, 0.15) is 5.69 Å². The molecule has 1 aliphatic rings. The molecule has 8 heteroatoms. The van der Waals surface area contributed by atoms with Crippen LogP contribution in [0.25, 0.3) is 0 Å². The Kier molecular flexibility index (Phi) is 4.36. The van der Waals surface area contributed by atoms with Crippen LogP contribution in [0.5, 0.6) is 0 Å². The number of carbonyl (C=O) groups excluding carboxylic acids is 1. The Morgan fingerprint density at radius 2 is 1.96 bits per heavy atom. The Labute approximate surface area is 141 Å². The van der Waals surface area contributed by atoms with Crippen molar-refractivity contribution in [1.29, 1.82) is 0 Å². The maximum absolute atomic E-state index is 12.8. The molecule has 2 N–H and O–H groups in total. The van der Waals surface area contributed by atoms with Gasteiger partial charge in [-0.3, -0.25) is 9.78 Å². The van der Waals surface area contributed by atoms with Crippen molar-refractivity contribution in [3.63, 3.8) is 0 Å². The predicted molar refractivity (Wildman–Crippen MR) is 84.5 cm³/mol. The topological polar surface area (TPSA) is 54.0 Å². The van der Waals surface area contributed by atoms with Gasteiger partial charge in [-0.15, -0.1) is 0 Å². The molecule has 0 atom stereocenters. The van der Waals surface area contributed by atoms with Gasteiger partial charge in [0.15, 0.2) is 0 Å². The number of amides is 1. The number of alkyl halides is 3. The molecular formula is C16H13ClF3N3O. The van der Waals surface area contributed by atoms with E-state index in [1.165, 1.54) is 18.3 Å². The first-order valence-corrected chi connectivity index (χ1v) is 7.61. The van der Waals surface area contributed by atoms with E-state index in [0.29, 0.717) is 5.69 Å². The molecule has 4 nitrogen and oxygen atoms in total. The number of rotatable bonds is 4. The third-order valence-corrected chi connectivity index (χ3v) is 3.81. The van der Waals surface area contributed by atoms with Gasteiger partial charge in [0.05, 0.1) is 16.3 Å². The molecular weight excluding hydrogens is 343 g/mol. The zero-order valence-electron chi connectivity index (χ0n) is 12.3. The van der Waals surface area contributed by atoms with Gasteiger partial charge in [0.25, 0.3) is 5.91 Å². The Hall–Kier alpha value is -2.28. The van der Waals surface area contributed by atoms with Crippen LogP contribution in [0, 0.1) is 0 Å². The van der Waals surface area contributed by atoms with E-state index < -0.39 is 11.7 Å². The zero-order chi connectivity index (χ0) is 17.3. The Balaban J connectivity index is 1.82. The van der Waals surface area contributed by atoms with Crippen LogP contribution in [-0.2, 0) is 6.18 Å². The molecule has 0 bridgehead atoms. The van der Waals surface area contributed by atoms with Crippen LogP contribution in [-0.4, -0.2) is 16.9 Å². The number of hydrogen-bond donors (Lipinski definition) is 2. The van der Waals surface area contributed by atoms with Crippen LogP contribution in [0.15, 0.2) is 36.5 Å². The van der Waals surface area contributed by atoms with Crippen molar-refractivity contribution in [3.8, 4) is 0 Å². The molecule has 0 radical (unpaired) electrons. The molecule has 2 aromatic rings. The first kappa shape index (κ1) is 16.6. The van der Waals surface area contributed by atoms with E-state index >= 15 is 0 Å². The van der Waals surface area contributed by atoms with Crippen molar-refractivity contribution in [3.05, 3.63) is 52.8 Å². The Morgan fingerprint density at radius 1 is 1.21 bits per heavy atom. The van der Waals surface area contributed by atoms with Crippen molar-refractivity contribution < 1.29 is 18.0 Å². The van der Waals surface area contributed by atoms with Crippen LogP contribution in [0.3, 0.4) is 0 Å². The molecule has 1 aromatic carbocycles. The Morgan fingerprint density at radius 3 is 2.62 bits per heavy atom. The van der Waals surface area contributed by atoms with Crippen LogP contribution in [0.4, 0.5) is 24.5 Å². The van der Waals surface area contributed by atoms with Crippen LogP contribution >= 0.6 is 11.6 Å². The molecule has 1 amide bonds. The number of anilines is 2. The molecule has 1 aliphatic carbocycles. The minimum atomic E-state index is -4.46. The highest BCUT2D eigenvalue weighted by Gasteiger charge is 2.31. The van der Waals surface area contributed by atoms with Crippen molar-refractivity contribution in [1.82, 2.24) is 10.3 Å². The number of hydrogen-bond acceptors (Lipinski definition) is 3. The molecule has 0 unspecified atom stereocenters. The first-order valence-electron chi connectivity index (χ1n) is 7.23.